The van der Waals surface area contributed by atoms with Crippen LogP contribution in [0.4, 0.5) is 11.4 Å². The predicted octanol–water partition coefficient (Wildman–Crippen LogP) is 3.23. The predicted molar refractivity (Wildman–Crippen MR) is 125 cm³/mol. The lowest BCUT2D eigenvalue weighted by Crippen LogP contribution is -2.49. The highest BCUT2D eigenvalue weighted by molar-refractivity contribution is 6.09. The maximum atomic E-state index is 13.2. The molecule has 1 fully saturated rings. The van der Waals surface area contributed by atoms with Crippen molar-refractivity contribution in [1.29, 1.82) is 0 Å². The van der Waals surface area contributed by atoms with Crippen LogP contribution in [0.1, 0.15) is 43.6 Å². The fourth-order valence-corrected chi connectivity index (χ4v) is 4.66. The molecule has 2 aliphatic rings. The van der Waals surface area contributed by atoms with Crippen LogP contribution in [0.2, 0.25) is 0 Å². The van der Waals surface area contributed by atoms with Gasteiger partial charge in [-0.1, -0.05) is 0 Å². The molecule has 1 aromatic carbocycles. The summed E-state index contributed by atoms with van der Waals surface area (Å²) in [5.74, 6) is 0.700. The fourth-order valence-electron chi connectivity index (χ4n) is 4.66. The summed E-state index contributed by atoms with van der Waals surface area (Å²) < 4.78 is 7.81. The Bertz CT molecular complexity index is 1160. The van der Waals surface area contributed by atoms with Crippen LogP contribution >= 0.6 is 0 Å². The van der Waals surface area contributed by atoms with Gasteiger partial charge in [-0.05, 0) is 39.8 Å². The van der Waals surface area contributed by atoms with E-state index in [1.807, 2.05) is 0 Å². The van der Waals surface area contributed by atoms with Crippen LogP contribution in [0.15, 0.2) is 36.8 Å². The van der Waals surface area contributed by atoms with Crippen molar-refractivity contribution in [3.8, 4) is 5.75 Å². The molecule has 0 aliphatic carbocycles. The number of nitrogens with one attached hydrogen (secondary N) is 1. The van der Waals surface area contributed by atoms with Crippen molar-refractivity contribution >= 4 is 22.9 Å². The van der Waals surface area contributed by atoms with Gasteiger partial charge in [-0.15, -0.1) is 0 Å². The van der Waals surface area contributed by atoms with Gasteiger partial charge in [0, 0.05) is 62.7 Å². The van der Waals surface area contributed by atoms with E-state index in [2.05, 4.69) is 65.0 Å². The van der Waals surface area contributed by atoms with Crippen LogP contribution in [0, 0.1) is 0 Å². The lowest BCUT2D eigenvalue weighted by molar-refractivity contribution is 0.102. The molecule has 0 saturated carbocycles. The molecule has 8 nitrogen and oxygen atoms in total. The smallest absolute Gasteiger partial charge is 0.261 e. The number of fused-ring (bicyclic) bond motifs is 2. The SMILES string of the molecule is CC(C)N1CCN(c2cc3c(cc2NC(=O)c2cnn4cccnc24)CC(C)(C)O3)CC1. The molecule has 0 bridgehead atoms. The number of amides is 1. The first-order chi connectivity index (χ1) is 15.3. The number of carbonyl (C=O) groups is 1. The summed E-state index contributed by atoms with van der Waals surface area (Å²) in [4.78, 5) is 22.4. The van der Waals surface area contributed by atoms with Gasteiger partial charge in [0.05, 0.1) is 17.6 Å². The number of piperazine rings is 1. The molecule has 5 rings (SSSR count). The Balaban J connectivity index is 1.47. The minimum Gasteiger partial charge on any atom is -0.487 e. The van der Waals surface area contributed by atoms with Gasteiger partial charge in [0.1, 0.15) is 16.9 Å². The summed E-state index contributed by atoms with van der Waals surface area (Å²) in [5, 5.41) is 7.40. The second-order valence-corrected chi connectivity index (χ2v) is 9.53. The second kappa shape index (κ2) is 7.78. The summed E-state index contributed by atoms with van der Waals surface area (Å²) in [5.41, 5.74) is 3.69. The highest BCUT2D eigenvalue weighted by atomic mass is 16.5. The molecule has 0 atom stereocenters. The van der Waals surface area contributed by atoms with Gasteiger partial charge in [0.25, 0.3) is 5.91 Å². The van der Waals surface area contributed by atoms with Gasteiger partial charge in [0.2, 0.25) is 0 Å². The lowest BCUT2D eigenvalue weighted by atomic mass is 10.0. The summed E-state index contributed by atoms with van der Waals surface area (Å²) in [7, 11) is 0. The van der Waals surface area contributed by atoms with Gasteiger partial charge >= 0.3 is 0 Å². The summed E-state index contributed by atoms with van der Waals surface area (Å²) in [6, 6.07) is 6.49. The molecule has 0 radical (unpaired) electrons. The Kier molecular flexibility index (Phi) is 5.04. The van der Waals surface area contributed by atoms with Crippen LogP contribution in [-0.2, 0) is 6.42 Å². The third-order valence-corrected chi connectivity index (χ3v) is 6.34. The largest absolute Gasteiger partial charge is 0.487 e. The molecule has 0 unspecified atom stereocenters. The van der Waals surface area contributed by atoms with Crippen LogP contribution in [0.3, 0.4) is 0 Å². The molecule has 8 heteroatoms. The highest BCUT2D eigenvalue weighted by Crippen LogP contribution is 2.42. The first-order valence-corrected chi connectivity index (χ1v) is 11.3. The number of carbonyl (C=O) groups excluding carboxylic acids is 1. The van der Waals surface area contributed by atoms with Crippen molar-refractivity contribution in [3.63, 3.8) is 0 Å². The Morgan fingerprint density at radius 1 is 1.19 bits per heavy atom. The van der Waals surface area contributed by atoms with Crippen LogP contribution in [0.25, 0.3) is 5.65 Å². The van der Waals surface area contributed by atoms with Crippen molar-refractivity contribution < 1.29 is 9.53 Å². The first-order valence-electron chi connectivity index (χ1n) is 11.3. The van der Waals surface area contributed by atoms with E-state index in [-0.39, 0.29) is 11.5 Å². The number of rotatable bonds is 4. The molecule has 4 heterocycles. The standard InChI is InChI=1S/C24H30N6O2/c1-16(2)28-8-10-29(11-9-28)20-13-21-17(14-24(3,4)32-21)12-19(20)27-23(31)18-15-26-30-7-5-6-25-22(18)30/h5-7,12-13,15-16H,8-11,14H2,1-4H3,(H,27,31). The minimum absolute atomic E-state index is 0.209. The first kappa shape index (κ1) is 20.8. The molecule has 1 saturated heterocycles. The molecule has 1 amide bonds. The van der Waals surface area contributed by atoms with Crippen molar-refractivity contribution in [2.45, 2.75) is 45.8 Å². The Labute approximate surface area is 188 Å². The van der Waals surface area contributed by atoms with E-state index in [4.69, 9.17) is 4.74 Å². The minimum atomic E-state index is -0.245. The van der Waals surface area contributed by atoms with E-state index < -0.39 is 0 Å². The van der Waals surface area contributed by atoms with Crippen molar-refractivity contribution in [3.05, 3.63) is 47.9 Å². The average Bonchev–Trinajstić information content (AvgIpc) is 3.32. The quantitative estimate of drug-likeness (QED) is 0.680. The van der Waals surface area contributed by atoms with E-state index in [1.165, 1.54) is 0 Å². The zero-order valence-corrected chi connectivity index (χ0v) is 19.1. The number of hydrogen-bond acceptors (Lipinski definition) is 6. The summed E-state index contributed by atoms with van der Waals surface area (Å²) in [6.45, 7) is 12.4. The zero-order chi connectivity index (χ0) is 22.5. The summed E-state index contributed by atoms with van der Waals surface area (Å²) in [6.07, 6.45) is 5.83. The number of ether oxygens (including phenoxy) is 1. The van der Waals surface area contributed by atoms with Crippen LogP contribution in [0.5, 0.6) is 5.75 Å². The monoisotopic (exact) mass is 434 g/mol. The number of aromatic nitrogens is 3. The van der Waals surface area contributed by atoms with Gasteiger partial charge < -0.3 is 15.0 Å². The maximum Gasteiger partial charge on any atom is 0.261 e. The third-order valence-electron chi connectivity index (χ3n) is 6.34. The van der Waals surface area contributed by atoms with Crippen molar-refractivity contribution in [1.82, 2.24) is 19.5 Å². The van der Waals surface area contributed by atoms with Crippen LogP contribution < -0.4 is 15.0 Å². The van der Waals surface area contributed by atoms with Crippen LogP contribution in [-0.4, -0.2) is 63.2 Å². The van der Waals surface area contributed by atoms with Crippen molar-refractivity contribution in [2.75, 3.05) is 36.4 Å². The highest BCUT2D eigenvalue weighted by Gasteiger charge is 2.32. The van der Waals surface area contributed by atoms with E-state index in [0.717, 1.165) is 55.3 Å². The Hall–Kier alpha value is -3.13. The van der Waals surface area contributed by atoms with E-state index in [1.54, 1.807) is 29.2 Å². The molecule has 168 valence electrons. The van der Waals surface area contributed by atoms with E-state index in [9.17, 15) is 4.79 Å². The van der Waals surface area contributed by atoms with Gasteiger partial charge in [-0.2, -0.15) is 5.10 Å². The van der Waals surface area contributed by atoms with Gasteiger partial charge in [-0.25, -0.2) is 9.50 Å². The van der Waals surface area contributed by atoms with E-state index >= 15 is 0 Å². The lowest BCUT2D eigenvalue weighted by Gasteiger charge is -2.39. The molecule has 3 aromatic rings. The normalized spacial score (nSPS) is 18.1. The Morgan fingerprint density at radius 2 is 1.97 bits per heavy atom. The fraction of sp³-hybridized carbons (Fsp3) is 0.458. The number of anilines is 2. The number of nitrogens with zero attached hydrogens (tertiary/aromatic N) is 5. The van der Waals surface area contributed by atoms with Gasteiger partial charge in [0.15, 0.2) is 5.65 Å². The molecular formula is C24H30N6O2. The van der Waals surface area contributed by atoms with Crippen molar-refractivity contribution in [2.24, 2.45) is 0 Å². The topological polar surface area (TPSA) is 75.0 Å². The molecular weight excluding hydrogens is 404 g/mol. The summed E-state index contributed by atoms with van der Waals surface area (Å²) >= 11 is 0. The van der Waals surface area contributed by atoms with Gasteiger partial charge in [-0.3, -0.25) is 9.69 Å². The molecule has 1 N–H and O–H groups in total. The average molecular weight is 435 g/mol. The molecule has 2 aliphatic heterocycles. The second-order valence-electron chi connectivity index (χ2n) is 9.53. The zero-order valence-electron chi connectivity index (χ0n) is 19.1. The Morgan fingerprint density at radius 3 is 2.72 bits per heavy atom. The maximum absolute atomic E-state index is 13.2. The van der Waals surface area contributed by atoms with E-state index in [0.29, 0.717) is 17.3 Å². The number of benzene rings is 1. The molecule has 32 heavy (non-hydrogen) atoms. The molecule has 0 spiro atoms. The molecule has 2 aromatic heterocycles. The third kappa shape index (κ3) is 3.79. The number of hydrogen-bond donors (Lipinski definition) is 1.